The molecule has 5 nitrogen and oxygen atoms in total. The molecule has 0 aliphatic heterocycles. The van der Waals surface area contributed by atoms with Crippen LogP contribution in [0.15, 0.2) is 60.8 Å². The van der Waals surface area contributed by atoms with Gasteiger partial charge in [-0.1, -0.05) is 42.5 Å². The molecule has 0 atom stereocenters. The highest BCUT2D eigenvalue weighted by Crippen LogP contribution is 2.33. The van der Waals surface area contributed by atoms with E-state index in [-0.39, 0.29) is 0 Å². The van der Waals surface area contributed by atoms with Crippen LogP contribution in [0.1, 0.15) is 5.69 Å². The van der Waals surface area contributed by atoms with Crippen LogP contribution in [-0.4, -0.2) is 21.7 Å². The molecule has 0 aliphatic rings. The summed E-state index contributed by atoms with van der Waals surface area (Å²) in [4.78, 5) is 4.78. The Hall–Kier alpha value is -3.34. The van der Waals surface area contributed by atoms with Crippen molar-refractivity contribution in [3.8, 4) is 28.0 Å². The number of aromatic nitrogens is 3. The highest BCUT2D eigenvalue weighted by Gasteiger charge is 2.16. The standard InChI is InChI=1S/C20H18N4O/c1-13-18(15-8-10-16(25-2)11-9-15)19(21)24-20(23-13)17(12-22-24)14-6-4-3-5-7-14/h3-12H,21H2,1-2H3. The van der Waals surface area contributed by atoms with Gasteiger partial charge in [-0.05, 0) is 30.2 Å². The van der Waals surface area contributed by atoms with E-state index >= 15 is 0 Å². The van der Waals surface area contributed by atoms with Crippen LogP contribution in [0.5, 0.6) is 5.75 Å². The summed E-state index contributed by atoms with van der Waals surface area (Å²) in [6.45, 7) is 1.97. The second kappa shape index (κ2) is 5.94. The van der Waals surface area contributed by atoms with E-state index in [0.717, 1.165) is 39.3 Å². The molecule has 4 rings (SSSR count). The molecule has 0 fully saturated rings. The largest absolute Gasteiger partial charge is 0.497 e. The van der Waals surface area contributed by atoms with E-state index in [9.17, 15) is 0 Å². The zero-order valence-corrected chi connectivity index (χ0v) is 14.1. The molecule has 0 saturated heterocycles. The van der Waals surface area contributed by atoms with E-state index in [2.05, 4.69) is 5.10 Å². The SMILES string of the molecule is COc1ccc(-c2c(C)nc3c(-c4ccccc4)cnn3c2N)cc1. The topological polar surface area (TPSA) is 65.4 Å². The van der Waals surface area contributed by atoms with Gasteiger partial charge in [-0.25, -0.2) is 4.98 Å². The van der Waals surface area contributed by atoms with Crippen molar-refractivity contribution in [3.05, 3.63) is 66.5 Å². The molecule has 2 N–H and O–H groups in total. The third kappa shape index (κ3) is 2.50. The number of anilines is 1. The summed E-state index contributed by atoms with van der Waals surface area (Å²) < 4.78 is 6.93. The molecule has 2 aromatic heterocycles. The van der Waals surface area contributed by atoms with Crippen LogP contribution in [0, 0.1) is 6.92 Å². The van der Waals surface area contributed by atoms with Crippen LogP contribution in [-0.2, 0) is 0 Å². The molecule has 0 amide bonds. The highest BCUT2D eigenvalue weighted by molar-refractivity contribution is 5.83. The Morgan fingerprint density at radius 2 is 1.68 bits per heavy atom. The summed E-state index contributed by atoms with van der Waals surface area (Å²) in [5.41, 5.74) is 12.0. The first-order valence-corrected chi connectivity index (χ1v) is 8.02. The maximum absolute atomic E-state index is 6.44. The van der Waals surface area contributed by atoms with Gasteiger partial charge in [0.15, 0.2) is 5.65 Å². The number of rotatable bonds is 3. The van der Waals surface area contributed by atoms with Gasteiger partial charge in [-0.2, -0.15) is 9.61 Å². The average molecular weight is 330 g/mol. The second-order valence-electron chi connectivity index (χ2n) is 5.85. The van der Waals surface area contributed by atoms with Crippen molar-refractivity contribution in [2.75, 3.05) is 12.8 Å². The van der Waals surface area contributed by atoms with Crippen LogP contribution >= 0.6 is 0 Å². The van der Waals surface area contributed by atoms with E-state index in [0.29, 0.717) is 5.82 Å². The van der Waals surface area contributed by atoms with Crippen LogP contribution in [0.4, 0.5) is 5.82 Å². The molecular weight excluding hydrogens is 312 g/mol. The number of nitrogen functional groups attached to an aromatic ring is 1. The fourth-order valence-electron chi connectivity index (χ4n) is 3.07. The molecule has 0 aliphatic carbocycles. The third-order valence-electron chi connectivity index (χ3n) is 4.33. The summed E-state index contributed by atoms with van der Waals surface area (Å²) in [6, 6.07) is 17.9. The number of hydrogen-bond acceptors (Lipinski definition) is 4. The predicted molar refractivity (Wildman–Crippen MR) is 99.6 cm³/mol. The lowest BCUT2D eigenvalue weighted by atomic mass is 10.0. The van der Waals surface area contributed by atoms with E-state index in [4.69, 9.17) is 15.5 Å². The summed E-state index contributed by atoms with van der Waals surface area (Å²) in [6.07, 6.45) is 1.81. The maximum atomic E-state index is 6.44. The fourth-order valence-corrected chi connectivity index (χ4v) is 3.07. The number of aryl methyl sites for hydroxylation is 1. The zero-order valence-electron chi connectivity index (χ0n) is 14.1. The first-order valence-electron chi connectivity index (χ1n) is 8.02. The van der Waals surface area contributed by atoms with Gasteiger partial charge in [-0.15, -0.1) is 0 Å². The molecule has 4 aromatic rings. The minimum Gasteiger partial charge on any atom is -0.497 e. The van der Waals surface area contributed by atoms with Crippen LogP contribution in [0.3, 0.4) is 0 Å². The highest BCUT2D eigenvalue weighted by atomic mass is 16.5. The monoisotopic (exact) mass is 330 g/mol. The fraction of sp³-hybridized carbons (Fsp3) is 0.100. The molecule has 2 aromatic carbocycles. The van der Waals surface area contributed by atoms with Crippen molar-refractivity contribution < 1.29 is 4.74 Å². The van der Waals surface area contributed by atoms with Crippen molar-refractivity contribution in [2.24, 2.45) is 0 Å². The van der Waals surface area contributed by atoms with Gasteiger partial charge in [0.2, 0.25) is 0 Å². The van der Waals surface area contributed by atoms with Crippen molar-refractivity contribution in [1.82, 2.24) is 14.6 Å². The maximum Gasteiger partial charge on any atom is 0.165 e. The number of benzene rings is 2. The summed E-state index contributed by atoms with van der Waals surface area (Å²) in [7, 11) is 1.65. The Morgan fingerprint density at radius 1 is 0.960 bits per heavy atom. The quantitative estimate of drug-likeness (QED) is 0.617. The molecule has 25 heavy (non-hydrogen) atoms. The normalized spacial score (nSPS) is 11.0. The Balaban J connectivity index is 1.91. The molecular formula is C20H18N4O. The smallest absolute Gasteiger partial charge is 0.165 e. The average Bonchev–Trinajstić information content (AvgIpc) is 3.07. The first kappa shape index (κ1) is 15.2. The third-order valence-corrected chi connectivity index (χ3v) is 4.33. The van der Waals surface area contributed by atoms with Crippen molar-refractivity contribution in [1.29, 1.82) is 0 Å². The van der Waals surface area contributed by atoms with E-state index < -0.39 is 0 Å². The van der Waals surface area contributed by atoms with Gasteiger partial charge in [-0.3, -0.25) is 0 Å². The summed E-state index contributed by atoms with van der Waals surface area (Å²) >= 11 is 0. The molecule has 2 heterocycles. The minimum absolute atomic E-state index is 0.579. The number of nitrogens with zero attached hydrogens (tertiary/aromatic N) is 3. The number of fused-ring (bicyclic) bond motifs is 1. The van der Waals surface area contributed by atoms with Gasteiger partial charge in [0.05, 0.1) is 19.0 Å². The van der Waals surface area contributed by atoms with Gasteiger partial charge in [0, 0.05) is 11.1 Å². The minimum atomic E-state index is 0.579. The number of nitrogens with two attached hydrogens (primary N) is 1. The second-order valence-corrected chi connectivity index (χ2v) is 5.85. The molecule has 0 spiro atoms. The Morgan fingerprint density at radius 3 is 2.36 bits per heavy atom. The molecule has 0 bridgehead atoms. The van der Waals surface area contributed by atoms with E-state index in [1.165, 1.54) is 0 Å². The lowest BCUT2D eigenvalue weighted by Gasteiger charge is -2.12. The van der Waals surface area contributed by atoms with Gasteiger partial charge in [0.25, 0.3) is 0 Å². The summed E-state index contributed by atoms with van der Waals surface area (Å²) in [5.74, 6) is 1.38. The lowest BCUT2D eigenvalue weighted by Crippen LogP contribution is -2.05. The zero-order chi connectivity index (χ0) is 17.4. The van der Waals surface area contributed by atoms with E-state index in [1.807, 2.05) is 67.7 Å². The molecule has 124 valence electrons. The Labute approximate surface area is 145 Å². The van der Waals surface area contributed by atoms with Crippen molar-refractivity contribution in [2.45, 2.75) is 6.92 Å². The number of ether oxygens (including phenoxy) is 1. The Bertz CT molecular complexity index is 1040. The molecule has 0 unspecified atom stereocenters. The van der Waals surface area contributed by atoms with Gasteiger partial charge >= 0.3 is 0 Å². The van der Waals surface area contributed by atoms with Gasteiger partial charge < -0.3 is 10.5 Å². The van der Waals surface area contributed by atoms with Crippen molar-refractivity contribution >= 4 is 11.5 Å². The first-order chi connectivity index (χ1) is 12.2. The molecule has 5 heteroatoms. The summed E-state index contributed by atoms with van der Waals surface area (Å²) in [5, 5.41) is 4.46. The van der Waals surface area contributed by atoms with Crippen LogP contribution in [0.25, 0.3) is 27.9 Å². The Kier molecular flexibility index (Phi) is 3.61. The van der Waals surface area contributed by atoms with Crippen molar-refractivity contribution in [3.63, 3.8) is 0 Å². The van der Waals surface area contributed by atoms with E-state index in [1.54, 1.807) is 11.6 Å². The number of hydrogen-bond donors (Lipinski definition) is 1. The molecule has 0 radical (unpaired) electrons. The lowest BCUT2D eigenvalue weighted by molar-refractivity contribution is 0.415. The molecule has 0 saturated carbocycles. The van der Waals surface area contributed by atoms with Gasteiger partial charge in [0.1, 0.15) is 11.6 Å². The predicted octanol–water partition coefficient (Wildman–Crippen LogP) is 3.96. The van der Waals surface area contributed by atoms with Crippen LogP contribution in [0.2, 0.25) is 0 Å². The number of methoxy groups -OCH3 is 1. The van der Waals surface area contributed by atoms with Crippen LogP contribution < -0.4 is 10.5 Å².